The molecule has 0 fully saturated rings. The number of esters is 1. The number of hydrogen-bond acceptors (Lipinski definition) is 4. The number of rotatable bonds is 3. The van der Waals surface area contributed by atoms with Gasteiger partial charge in [0.15, 0.2) is 0 Å². The van der Waals surface area contributed by atoms with Gasteiger partial charge in [-0.3, -0.25) is 4.79 Å². The molecule has 1 amide bonds. The third-order valence-corrected chi connectivity index (χ3v) is 3.84. The molecule has 1 aromatic carbocycles. The van der Waals surface area contributed by atoms with Crippen LogP contribution in [-0.2, 0) is 4.74 Å². The van der Waals surface area contributed by atoms with Gasteiger partial charge in [0.25, 0.3) is 5.91 Å². The predicted molar refractivity (Wildman–Crippen MR) is 74.7 cm³/mol. The molecular weight excluding hydrogens is 300 g/mol. The highest BCUT2D eigenvalue weighted by Crippen LogP contribution is 2.29. The van der Waals surface area contributed by atoms with Crippen LogP contribution in [-0.4, -0.2) is 19.0 Å². The average Bonchev–Trinajstić information content (AvgIpc) is 2.79. The Morgan fingerprint density at radius 1 is 1.29 bits per heavy atom. The largest absolute Gasteiger partial charge is 0.465 e. The van der Waals surface area contributed by atoms with E-state index in [0.717, 1.165) is 23.5 Å². The fourth-order valence-corrected chi connectivity index (χ4v) is 2.62. The number of aryl methyl sites for hydroxylation is 1. The minimum atomic E-state index is -0.972. The quantitative estimate of drug-likeness (QED) is 0.884. The van der Waals surface area contributed by atoms with Gasteiger partial charge in [0.2, 0.25) is 0 Å². The van der Waals surface area contributed by atoms with Gasteiger partial charge in [-0.1, -0.05) is 0 Å². The van der Waals surface area contributed by atoms with E-state index in [1.54, 1.807) is 12.3 Å². The van der Waals surface area contributed by atoms with E-state index < -0.39 is 23.5 Å². The highest BCUT2D eigenvalue weighted by atomic mass is 32.1. The maximum absolute atomic E-state index is 13.6. The van der Waals surface area contributed by atoms with Gasteiger partial charge in [0.05, 0.1) is 18.4 Å². The molecule has 0 atom stereocenters. The number of halogens is 2. The van der Waals surface area contributed by atoms with Crippen molar-refractivity contribution in [3.05, 3.63) is 51.2 Å². The Morgan fingerprint density at radius 2 is 2.00 bits per heavy atom. The van der Waals surface area contributed by atoms with Crippen molar-refractivity contribution in [2.75, 3.05) is 12.4 Å². The lowest BCUT2D eigenvalue weighted by Crippen LogP contribution is -2.16. The number of hydrogen-bond donors (Lipinski definition) is 1. The normalized spacial score (nSPS) is 10.3. The fourth-order valence-electron chi connectivity index (χ4n) is 1.70. The molecule has 1 heterocycles. The zero-order valence-corrected chi connectivity index (χ0v) is 12.0. The molecule has 2 aromatic rings. The summed E-state index contributed by atoms with van der Waals surface area (Å²) in [6.45, 7) is 1.69. The Morgan fingerprint density at radius 3 is 2.62 bits per heavy atom. The molecule has 0 unspecified atom stereocenters. The Kier molecular flexibility index (Phi) is 4.32. The zero-order valence-electron chi connectivity index (χ0n) is 11.2. The van der Waals surface area contributed by atoms with Crippen LogP contribution in [0.15, 0.2) is 23.6 Å². The van der Waals surface area contributed by atoms with E-state index in [1.165, 1.54) is 7.11 Å². The van der Waals surface area contributed by atoms with Crippen LogP contribution in [0.5, 0.6) is 0 Å². The molecule has 1 aromatic heterocycles. The number of nitrogens with one attached hydrogen (secondary N) is 1. The lowest BCUT2D eigenvalue weighted by Gasteiger charge is -2.08. The smallest absolute Gasteiger partial charge is 0.350 e. The van der Waals surface area contributed by atoms with Crippen molar-refractivity contribution < 1.29 is 23.1 Å². The average molecular weight is 311 g/mol. The second-order valence-electron chi connectivity index (χ2n) is 4.19. The fraction of sp³-hybridized carbons (Fsp3) is 0.143. The summed E-state index contributed by atoms with van der Waals surface area (Å²) in [5.41, 5.74) is 0.606. The summed E-state index contributed by atoms with van der Waals surface area (Å²) in [7, 11) is 1.22. The third kappa shape index (κ3) is 3.08. The topological polar surface area (TPSA) is 55.4 Å². The van der Waals surface area contributed by atoms with E-state index in [9.17, 15) is 18.4 Å². The SMILES string of the molecule is COC(=O)c1scc(C)c1NC(=O)c1ccc(F)cc1F. The van der Waals surface area contributed by atoms with Gasteiger partial charge < -0.3 is 10.1 Å². The van der Waals surface area contributed by atoms with Crippen molar-refractivity contribution in [2.24, 2.45) is 0 Å². The first-order chi connectivity index (χ1) is 9.93. The molecule has 4 nitrogen and oxygen atoms in total. The van der Waals surface area contributed by atoms with Crippen molar-refractivity contribution in [3.63, 3.8) is 0 Å². The highest BCUT2D eigenvalue weighted by Gasteiger charge is 2.20. The van der Waals surface area contributed by atoms with Crippen LogP contribution in [0.4, 0.5) is 14.5 Å². The van der Waals surface area contributed by atoms with Gasteiger partial charge >= 0.3 is 5.97 Å². The van der Waals surface area contributed by atoms with E-state index in [-0.39, 0.29) is 16.1 Å². The maximum Gasteiger partial charge on any atom is 0.350 e. The maximum atomic E-state index is 13.6. The number of thiophene rings is 1. The van der Waals surface area contributed by atoms with Crippen molar-refractivity contribution in [1.29, 1.82) is 0 Å². The van der Waals surface area contributed by atoms with E-state index >= 15 is 0 Å². The van der Waals surface area contributed by atoms with Gasteiger partial charge in [0.1, 0.15) is 16.5 Å². The number of carbonyl (C=O) groups excluding carboxylic acids is 2. The Bertz CT molecular complexity index is 712. The molecule has 0 aliphatic heterocycles. The molecule has 0 aliphatic rings. The zero-order chi connectivity index (χ0) is 15.6. The molecule has 0 saturated heterocycles. The van der Waals surface area contributed by atoms with Crippen LogP contribution < -0.4 is 5.32 Å². The van der Waals surface area contributed by atoms with Crippen molar-refractivity contribution in [1.82, 2.24) is 0 Å². The Labute approximate surface area is 123 Å². The minimum absolute atomic E-state index is 0.214. The molecule has 21 heavy (non-hydrogen) atoms. The molecule has 0 aliphatic carbocycles. The first-order valence-electron chi connectivity index (χ1n) is 5.87. The van der Waals surface area contributed by atoms with E-state index in [1.807, 2.05) is 0 Å². The lowest BCUT2D eigenvalue weighted by molar-refractivity contribution is 0.0607. The van der Waals surface area contributed by atoms with Crippen LogP contribution in [0.25, 0.3) is 0 Å². The third-order valence-electron chi connectivity index (χ3n) is 2.76. The first kappa shape index (κ1) is 15.1. The van der Waals surface area contributed by atoms with Crippen molar-refractivity contribution >= 4 is 28.9 Å². The number of ether oxygens (including phenoxy) is 1. The number of amides is 1. The van der Waals surface area contributed by atoms with Gasteiger partial charge in [-0.2, -0.15) is 0 Å². The second kappa shape index (κ2) is 6.01. The second-order valence-corrected chi connectivity index (χ2v) is 5.07. The van der Waals surface area contributed by atoms with Gasteiger partial charge in [-0.25, -0.2) is 13.6 Å². The molecule has 7 heteroatoms. The highest BCUT2D eigenvalue weighted by molar-refractivity contribution is 7.12. The standard InChI is InChI=1S/C14H11F2NO3S/c1-7-6-21-12(14(19)20-2)11(7)17-13(18)9-4-3-8(15)5-10(9)16/h3-6H,1-2H3,(H,17,18). The molecule has 0 bridgehead atoms. The predicted octanol–water partition coefficient (Wildman–Crippen LogP) is 3.37. The molecule has 2 rings (SSSR count). The number of benzene rings is 1. The summed E-state index contributed by atoms with van der Waals surface area (Å²) in [5, 5.41) is 4.13. The van der Waals surface area contributed by atoms with Gasteiger partial charge in [0, 0.05) is 6.07 Å². The molecule has 110 valence electrons. The summed E-state index contributed by atoms with van der Waals surface area (Å²) in [6, 6.07) is 2.65. The van der Waals surface area contributed by atoms with Crippen molar-refractivity contribution in [2.45, 2.75) is 6.92 Å². The summed E-state index contributed by atoms with van der Waals surface area (Å²) in [6.07, 6.45) is 0. The molecule has 1 N–H and O–H groups in total. The number of methoxy groups -OCH3 is 1. The molecule has 0 radical (unpaired) electrons. The van der Waals surface area contributed by atoms with Crippen molar-refractivity contribution in [3.8, 4) is 0 Å². The van der Waals surface area contributed by atoms with Crippen LogP contribution >= 0.6 is 11.3 Å². The van der Waals surface area contributed by atoms with Gasteiger partial charge in [-0.05, 0) is 30.0 Å². The summed E-state index contributed by atoms with van der Waals surface area (Å²) < 4.78 is 31.0. The molecule has 0 spiro atoms. The van der Waals surface area contributed by atoms with Crippen LogP contribution in [0.3, 0.4) is 0 Å². The Hall–Kier alpha value is -2.28. The monoisotopic (exact) mass is 311 g/mol. The van der Waals surface area contributed by atoms with Crippen LogP contribution in [0, 0.1) is 18.6 Å². The summed E-state index contributed by atoms with van der Waals surface area (Å²) >= 11 is 1.11. The van der Waals surface area contributed by atoms with E-state index in [4.69, 9.17) is 0 Å². The number of anilines is 1. The number of carbonyl (C=O) groups is 2. The molecular formula is C14H11F2NO3S. The Balaban J connectivity index is 2.32. The van der Waals surface area contributed by atoms with E-state index in [0.29, 0.717) is 11.6 Å². The summed E-state index contributed by atoms with van der Waals surface area (Å²) in [5.74, 6) is -3.10. The summed E-state index contributed by atoms with van der Waals surface area (Å²) in [4.78, 5) is 23.8. The van der Waals surface area contributed by atoms with Crippen LogP contribution in [0.2, 0.25) is 0 Å². The van der Waals surface area contributed by atoms with Gasteiger partial charge in [-0.15, -0.1) is 11.3 Å². The minimum Gasteiger partial charge on any atom is -0.465 e. The molecule has 0 saturated carbocycles. The lowest BCUT2D eigenvalue weighted by atomic mass is 10.2. The van der Waals surface area contributed by atoms with E-state index in [2.05, 4.69) is 10.1 Å². The van der Waals surface area contributed by atoms with Crippen LogP contribution in [0.1, 0.15) is 25.6 Å². The first-order valence-corrected chi connectivity index (χ1v) is 6.74.